The summed E-state index contributed by atoms with van der Waals surface area (Å²) < 4.78 is 316. The van der Waals surface area contributed by atoms with Crippen LogP contribution in [0.1, 0.15) is 67.8 Å². The minimum Gasteiger partial charge on any atom is -0.354 e. The van der Waals surface area contributed by atoms with Gasteiger partial charge in [-0.3, -0.25) is 0 Å². The van der Waals surface area contributed by atoms with E-state index in [-0.39, 0.29) is 22.3 Å². The van der Waals surface area contributed by atoms with Crippen LogP contribution in [0.4, 0.5) is 87.8 Å². The number of halogens is 20. The predicted molar refractivity (Wildman–Crippen MR) is 315 cm³/mol. The van der Waals surface area contributed by atoms with Crippen molar-refractivity contribution >= 4 is 76.2 Å². The third-order valence-corrected chi connectivity index (χ3v) is 15.4. The zero-order valence-corrected chi connectivity index (χ0v) is 47.3. The summed E-state index contributed by atoms with van der Waals surface area (Å²) in [5, 5.41) is 0. The summed E-state index contributed by atoms with van der Waals surface area (Å²) in [6.07, 6.45) is 7.79. The number of H-pyrrole nitrogens is 2. The lowest BCUT2D eigenvalue weighted by Crippen LogP contribution is -2.05. The van der Waals surface area contributed by atoms with Gasteiger partial charge in [0.15, 0.2) is 93.1 Å². The van der Waals surface area contributed by atoms with Gasteiger partial charge in [0, 0.05) is 55.4 Å². The van der Waals surface area contributed by atoms with Crippen molar-refractivity contribution in [1.29, 1.82) is 0 Å². The van der Waals surface area contributed by atoms with Gasteiger partial charge >= 0.3 is 0 Å². The summed E-state index contributed by atoms with van der Waals surface area (Å²) in [5.74, 6) is -45.3. The van der Waals surface area contributed by atoms with E-state index in [0.717, 1.165) is 72.9 Å². The molecule has 96 heavy (non-hydrogen) atoms. The lowest BCUT2D eigenvalue weighted by molar-refractivity contribution is 0.381. The highest BCUT2D eigenvalue weighted by Crippen LogP contribution is 2.45. The van der Waals surface area contributed by atoms with E-state index >= 15 is 70.2 Å². The average molecular weight is 1330 g/mol. The molecule has 9 aromatic rings. The van der Waals surface area contributed by atoms with Gasteiger partial charge in [0.2, 0.25) is 23.3 Å². The first-order valence-electron chi connectivity index (χ1n) is 27.5. The summed E-state index contributed by atoms with van der Waals surface area (Å²) in [6, 6.07) is 18.3. The fraction of sp³-hybridized carbons (Fsp3) is 0. The van der Waals surface area contributed by atoms with Crippen molar-refractivity contribution in [3.63, 3.8) is 0 Å². The Morgan fingerprint density at radius 1 is 0.260 bits per heavy atom. The molecule has 0 atom stereocenters. The van der Waals surface area contributed by atoms with Gasteiger partial charge in [0.25, 0.3) is 0 Å². The number of hydrogen-bond acceptors (Lipinski definition) is 4. The second kappa shape index (κ2) is 23.9. The maximum atomic E-state index is 16.5. The molecule has 26 heteroatoms. The van der Waals surface area contributed by atoms with Gasteiger partial charge in [-0.25, -0.2) is 108 Å². The Morgan fingerprint density at radius 3 is 0.792 bits per heavy atom. The summed E-state index contributed by atoms with van der Waals surface area (Å²) in [4.78, 5) is 22.9. The van der Waals surface area contributed by atoms with Gasteiger partial charge < -0.3 is 9.97 Å². The SMILES string of the molecule is C=C(c1ccccc1)c1c2nc(c(-c3c(F)c(F)c(F)c(F)c3F)c3ccc([nH]3)c(-c3c(F)c(F)c(F)c(F)c3F)c3nc(c(C#Cc4ccccc4)c4nc(c(-c5c(F)c(F)c(F)c(F)c5F)c5ccc([nH]5)c(-c5c(F)c(F)c(F)c(F)c5F)c5nc1C=C5)C=C4)C=C3)C=C2. The molecule has 7 heterocycles. The number of nitrogens with zero attached hydrogens (tertiary/aromatic N) is 4. The van der Waals surface area contributed by atoms with E-state index in [0.29, 0.717) is 0 Å². The molecule has 0 unspecified atom stereocenters. The number of aromatic nitrogens is 6. The summed E-state index contributed by atoms with van der Waals surface area (Å²) in [6.45, 7) is 4.13. The standard InChI is InChI=1S/C70H26F20N6/c1-26(28-10-6-3-7-11-28)42-32-18-20-36(93-32)45(49-55(75)63(83)69(89)64(84)56(49)76)40-24-22-38(95-40)43(47-51(71)59(79)67(87)60(80)52(47)72)34-16-14-30(91-34)29(13-12-27-8-4-2-5-9-27)31-15-17-35(92-31)44(48-53(73)61(81)68(88)62(82)54(48)74)39-23-25-41(96-39)46(37-21-19-33(42)94-37)50-57(77)65(85)70(90)66(86)58(50)78/h2-11,14-25,95-96H,1H2. The molecule has 2 N–H and O–H groups in total. The van der Waals surface area contributed by atoms with Crippen molar-refractivity contribution in [3.05, 3.63) is 276 Å². The van der Waals surface area contributed by atoms with Crippen LogP contribution in [-0.2, 0) is 0 Å². The number of benzene rings is 6. The second-order valence-corrected chi connectivity index (χ2v) is 20.9. The highest BCUT2D eigenvalue weighted by atomic mass is 19.2. The van der Waals surface area contributed by atoms with E-state index in [1.54, 1.807) is 12.1 Å². The number of nitrogens with one attached hydrogen (secondary N) is 2. The highest BCUT2D eigenvalue weighted by Gasteiger charge is 2.35. The second-order valence-electron chi connectivity index (χ2n) is 20.9. The molecule has 12 bridgehead atoms. The maximum Gasteiger partial charge on any atom is 0.200 e. The van der Waals surface area contributed by atoms with E-state index in [1.165, 1.54) is 48.5 Å². The van der Waals surface area contributed by atoms with Crippen molar-refractivity contribution in [2.45, 2.75) is 0 Å². The smallest absolute Gasteiger partial charge is 0.200 e. The molecule has 6 nitrogen and oxygen atoms in total. The van der Waals surface area contributed by atoms with Gasteiger partial charge in [-0.1, -0.05) is 67.0 Å². The number of aromatic amines is 2. The van der Waals surface area contributed by atoms with Crippen LogP contribution in [0.3, 0.4) is 0 Å². The van der Waals surface area contributed by atoms with Gasteiger partial charge in [-0.15, -0.1) is 0 Å². The van der Waals surface area contributed by atoms with Crippen LogP contribution >= 0.6 is 0 Å². The van der Waals surface area contributed by atoms with E-state index in [4.69, 9.17) is 0 Å². The molecule has 13 rings (SSSR count). The molecule has 3 aromatic heterocycles. The Balaban J connectivity index is 1.29. The molecular weight excluding hydrogens is 1300 g/mol. The van der Waals surface area contributed by atoms with Crippen LogP contribution in [0.25, 0.3) is 121 Å². The van der Waals surface area contributed by atoms with Crippen LogP contribution in [-0.4, -0.2) is 29.9 Å². The van der Waals surface area contributed by atoms with E-state index < -0.39 is 234 Å². The van der Waals surface area contributed by atoms with Crippen LogP contribution < -0.4 is 0 Å². The Kier molecular flexibility index (Phi) is 15.7. The third-order valence-electron chi connectivity index (χ3n) is 15.4. The fourth-order valence-electron chi connectivity index (χ4n) is 11.0. The molecule has 0 aliphatic carbocycles. The largest absolute Gasteiger partial charge is 0.354 e. The molecule has 4 aliphatic rings. The average Bonchev–Trinajstić information content (AvgIpc) is 1.48. The van der Waals surface area contributed by atoms with Crippen molar-refractivity contribution in [1.82, 2.24) is 29.9 Å². The highest BCUT2D eigenvalue weighted by molar-refractivity contribution is 6.00. The normalized spacial score (nSPS) is 12.2. The summed E-state index contributed by atoms with van der Waals surface area (Å²) >= 11 is 0. The van der Waals surface area contributed by atoms with Crippen molar-refractivity contribution in [3.8, 4) is 56.3 Å². The lowest BCUT2D eigenvalue weighted by Gasteiger charge is -2.11. The molecular formula is C70H26F20N6. The number of rotatable bonds is 6. The van der Waals surface area contributed by atoms with Crippen LogP contribution in [0, 0.1) is 128 Å². The minimum atomic E-state index is -2.65. The quantitative estimate of drug-likeness (QED) is 0.0752. The lowest BCUT2D eigenvalue weighted by atomic mass is 9.97. The Morgan fingerprint density at radius 2 is 0.500 bits per heavy atom. The molecule has 0 saturated heterocycles. The van der Waals surface area contributed by atoms with Crippen molar-refractivity contribution in [2.24, 2.45) is 0 Å². The van der Waals surface area contributed by atoms with E-state index in [1.807, 2.05) is 0 Å². The Hall–Kier alpha value is -11.9. The molecule has 6 aromatic carbocycles. The zero-order valence-electron chi connectivity index (χ0n) is 47.3. The van der Waals surface area contributed by atoms with Crippen molar-refractivity contribution in [2.75, 3.05) is 0 Å². The Labute approximate surface area is 524 Å². The van der Waals surface area contributed by atoms with Gasteiger partial charge in [0.05, 0.1) is 73.4 Å². The summed E-state index contributed by atoms with van der Waals surface area (Å²) in [5.41, 5.74) is -19.6. The van der Waals surface area contributed by atoms with Crippen LogP contribution in [0.2, 0.25) is 0 Å². The first-order valence-corrected chi connectivity index (χ1v) is 27.5. The molecule has 4 aliphatic heterocycles. The molecule has 0 amide bonds. The molecule has 0 saturated carbocycles. The van der Waals surface area contributed by atoms with E-state index in [2.05, 4.69) is 48.3 Å². The maximum absolute atomic E-state index is 16.5. The fourth-order valence-corrected chi connectivity index (χ4v) is 11.0. The minimum absolute atomic E-state index is 0.120. The predicted octanol–water partition coefficient (Wildman–Crippen LogP) is 19.6. The van der Waals surface area contributed by atoms with E-state index in [9.17, 15) is 17.6 Å². The first kappa shape index (κ1) is 62.9. The molecule has 0 fully saturated rings. The third kappa shape index (κ3) is 10.1. The van der Waals surface area contributed by atoms with Gasteiger partial charge in [-0.2, -0.15) is 0 Å². The number of fused-ring (bicyclic) bond motifs is 12. The first-order chi connectivity index (χ1) is 45.9. The summed E-state index contributed by atoms with van der Waals surface area (Å²) in [7, 11) is 0. The molecule has 0 spiro atoms. The zero-order chi connectivity index (χ0) is 68.2. The molecule has 476 valence electrons. The monoisotopic (exact) mass is 1330 g/mol. The van der Waals surface area contributed by atoms with Gasteiger partial charge in [0.1, 0.15) is 0 Å². The molecule has 0 radical (unpaired) electrons. The van der Waals surface area contributed by atoms with Gasteiger partial charge in [-0.05, 0) is 96.1 Å². The number of hydrogen-bond donors (Lipinski definition) is 2. The topological polar surface area (TPSA) is 83.1 Å². The van der Waals surface area contributed by atoms with Crippen LogP contribution in [0.15, 0.2) is 91.5 Å². The van der Waals surface area contributed by atoms with Crippen molar-refractivity contribution < 1.29 is 87.8 Å². The van der Waals surface area contributed by atoms with Crippen LogP contribution in [0.5, 0.6) is 0 Å². The Bertz CT molecular complexity index is 5160.